The molecule has 1 fully saturated rings. The summed E-state index contributed by atoms with van der Waals surface area (Å²) in [6.07, 6.45) is 1.55. The van der Waals surface area contributed by atoms with Crippen LogP contribution in [0.3, 0.4) is 0 Å². The second-order valence-electron chi connectivity index (χ2n) is 10.4. The largest absolute Gasteiger partial charge is 0.348 e. The lowest BCUT2D eigenvalue weighted by Gasteiger charge is -2.36. The Hall–Kier alpha value is -2.25. The van der Waals surface area contributed by atoms with Crippen LogP contribution >= 0.6 is 11.3 Å². The number of hydrogen-bond donors (Lipinski definition) is 2. The third kappa shape index (κ3) is 7.37. The van der Waals surface area contributed by atoms with Crippen LogP contribution in [0.2, 0.25) is 0 Å². The van der Waals surface area contributed by atoms with Crippen LogP contribution in [-0.2, 0) is 9.59 Å². The van der Waals surface area contributed by atoms with Gasteiger partial charge in [-0.2, -0.15) is 0 Å². The highest BCUT2D eigenvalue weighted by atomic mass is 32.1. The monoisotopic (exact) mass is 500 g/mol. The number of carbonyl (C=O) groups excluding carboxylic acids is 2. The number of aromatic nitrogens is 1. The molecular formula is C28H44N4O2S. The second-order valence-corrected chi connectivity index (χ2v) is 11.3. The third-order valence-electron chi connectivity index (χ3n) is 6.23. The van der Waals surface area contributed by atoms with Gasteiger partial charge < -0.3 is 15.5 Å². The van der Waals surface area contributed by atoms with Gasteiger partial charge >= 0.3 is 0 Å². The van der Waals surface area contributed by atoms with Crippen molar-refractivity contribution >= 4 is 23.2 Å². The smallest absolute Gasteiger partial charge is 0.243 e. The van der Waals surface area contributed by atoms with Crippen molar-refractivity contribution in [3.8, 4) is 10.4 Å². The molecule has 2 N–H and O–H groups in total. The van der Waals surface area contributed by atoms with E-state index < -0.39 is 6.04 Å². The average Bonchev–Trinajstić information content (AvgIpc) is 3.47. The molecule has 0 aliphatic carbocycles. The fourth-order valence-electron chi connectivity index (χ4n) is 4.39. The van der Waals surface area contributed by atoms with E-state index in [1.807, 2.05) is 47.1 Å². The molecule has 35 heavy (non-hydrogen) atoms. The van der Waals surface area contributed by atoms with E-state index in [9.17, 15) is 9.59 Å². The average molecular weight is 501 g/mol. The molecule has 1 aromatic carbocycles. The first-order chi connectivity index (χ1) is 16.5. The van der Waals surface area contributed by atoms with Crippen LogP contribution in [0, 0.1) is 12.3 Å². The van der Waals surface area contributed by atoms with Crippen LogP contribution in [-0.4, -0.2) is 46.4 Å². The Labute approximate surface area is 215 Å². The first kappa shape index (κ1) is 29.0. The van der Waals surface area contributed by atoms with Gasteiger partial charge in [0.25, 0.3) is 0 Å². The van der Waals surface area contributed by atoms with E-state index in [1.165, 1.54) is 4.88 Å². The Kier molecular flexibility index (Phi) is 10.5. The lowest BCUT2D eigenvalue weighted by molar-refractivity contribution is -0.142. The molecule has 6 nitrogen and oxygen atoms in total. The van der Waals surface area contributed by atoms with Crippen molar-refractivity contribution in [1.82, 2.24) is 20.5 Å². The minimum atomic E-state index is -0.419. The van der Waals surface area contributed by atoms with Crippen LogP contribution in [0.25, 0.3) is 10.4 Å². The molecule has 0 bridgehead atoms. The molecule has 0 saturated carbocycles. The number of carbonyl (C=O) groups is 2. The molecule has 1 aromatic heterocycles. The molecule has 7 heteroatoms. The van der Waals surface area contributed by atoms with E-state index in [4.69, 9.17) is 0 Å². The molecule has 1 saturated heterocycles. The van der Waals surface area contributed by atoms with Crippen molar-refractivity contribution in [2.24, 2.45) is 5.41 Å². The van der Waals surface area contributed by atoms with Crippen molar-refractivity contribution in [2.45, 2.75) is 99.3 Å². The zero-order chi connectivity index (χ0) is 26.3. The van der Waals surface area contributed by atoms with Gasteiger partial charge in [-0.1, -0.05) is 72.7 Å². The van der Waals surface area contributed by atoms with Crippen molar-refractivity contribution in [2.75, 3.05) is 6.54 Å². The van der Waals surface area contributed by atoms with Crippen molar-refractivity contribution < 1.29 is 9.59 Å². The molecule has 2 aromatic rings. The van der Waals surface area contributed by atoms with Gasteiger partial charge in [-0.05, 0) is 43.2 Å². The van der Waals surface area contributed by atoms with Gasteiger partial charge in [-0.25, -0.2) is 4.98 Å². The molecule has 194 valence electrons. The van der Waals surface area contributed by atoms with E-state index in [0.29, 0.717) is 13.0 Å². The number of nitrogens with zero attached hydrogens (tertiary/aromatic N) is 2. The third-order valence-corrected chi connectivity index (χ3v) is 7.21. The lowest BCUT2D eigenvalue weighted by Crippen LogP contribution is -2.57. The zero-order valence-corrected chi connectivity index (χ0v) is 23.8. The standard InChI is InChI=1S/C26H38N4O2S.C2H6/c1-16(2)28-23(26(5,6)7)25(32)30-14-8-9-21(30)24(31)29-17(3)19-10-12-20(13-11-19)22-18(4)27-15-33-22;1-2/h10-13,15-17,21,23,28H,8-9,14H2,1-7H3,(H,29,31);1-2H3. The molecule has 2 amide bonds. The lowest BCUT2D eigenvalue weighted by atomic mass is 9.85. The van der Waals surface area contributed by atoms with E-state index in [-0.39, 0.29) is 35.4 Å². The topological polar surface area (TPSA) is 74.3 Å². The van der Waals surface area contributed by atoms with Crippen molar-refractivity contribution in [3.63, 3.8) is 0 Å². The summed E-state index contributed by atoms with van der Waals surface area (Å²) < 4.78 is 0. The van der Waals surface area contributed by atoms with Gasteiger partial charge in [0.15, 0.2) is 0 Å². The summed E-state index contributed by atoms with van der Waals surface area (Å²) >= 11 is 1.63. The minimum absolute atomic E-state index is 0.0192. The van der Waals surface area contributed by atoms with E-state index >= 15 is 0 Å². The van der Waals surface area contributed by atoms with E-state index in [0.717, 1.165) is 23.2 Å². The molecule has 2 heterocycles. The first-order valence-electron chi connectivity index (χ1n) is 12.9. The summed E-state index contributed by atoms with van der Waals surface area (Å²) in [6.45, 7) is 18.9. The number of amides is 2. The van der Waals surface area contributed by atoms with Crippen molar-refractivity contribution in [1.29, 1.82) is 0 Å². The Morgan fingerprint density at radius 2 is 1.74 bits per heavy atom. The molecule has 0 radical (unpaired) electrons. The highest BCUT2D eigenvalue weighted by molar-refractivity contribution is 7.13. The van der Waals surface area contributed by atoms with Gasteiger partial charge in [-0.15, -0.1) is 11.3 Å². The molecule has 3 rings (SSSR count). The zero-order valence-electron chi connectivity index (χ0n) is 22.9. The predicted octanol–water partition coefficient (Wildman–Crippen LogP) is 5.73. The highest BCUT2D eigenvalue weighted by Gasteiger charge is 2.41. The summed E-state index contributed by atoms with van der Waals surface area (Å²) in [5.41, 5.74) is 4.82. The number of benzene rings is 1. The fraction of sp³-hybridized carbons (Fsp3) is 0.607. The van der Waals surface area contributed by atoms with Crippen LogP contribution in [0.5, 0.6) is 0 Å². The minimum Gasteiger partial charge on any atom is -0.348 e. The maximum atomic E-state index is 13.5. The number of aryl methyl sites for hydroxylation is 1. The summed E-state index contributed by atoms with van der Waals surface area (Å²) in [6, 6.07) is 7.57. The summed E-state index contributed by atoms with van der Waals surface area (Å²) in [5.74, 6) is -0.0567. The number of rotatable bonds is 7. The molecule has 1 aliphatic heterocycles. The van der Waals surface area contributed by atoms with Crippen LogP contribution < -0.4 is 10.6 Å². The van der Waals surface area contributed by atoms with E-state index in [1.54, 1.807) is 16.2 Å². The Morgan fingerprint density at radius 1 is 1.11 bits per heavy atom. The molecular weight excluding hydrogens is 456 g/mol. The highest BCUT2D eigenvalue weighted by Crippen LogP contribution is 2.29. The second kappa shape index (κ2) is 12.6. The number of likely N-dealkylation sites (tertiary alicyclic amines) is 1. The van der Waals surface area contributed by atoms with Gasteiger partial charge in [-0.3, -0.25) is 9.59 Å². The quantitative estimate of drug-likeness (QED) is 0.509. The van der Waals surface area contributed by atoms with Crippen LogP contribution in [0.1, 0.15) is 85.5 Å². The first-order valence-corrected chi connectivity index (χ1v) is 13.7. The number of hydrogen-bond acceptors (Lipinski definition) is 5. The summed E-state index contributed by atoms with van der Waals surface area (Å²) in [7, 11) is 0. The van der Waals surface area contributed by atoms with Gasteiger partial charge in [0.1, 0.15) is 6.04 Å². The predicted molar refractivity (Wildman–Crippen MR) is 146 cm³/mol. The summed E-state index contributed by atoms with van der Waals surface area (Å²) in [5, 5.41) is 6.56. The summed E-state index contributed by atoms with van der Waals surface area (Å²) in [4.78, 5) is 33.9. The van der Waals surface area contributed by atoms with Gasteiger partial charge in [0, 0.05) is 12.6 Å². The number of thiazole rings is 1. The van der Waals surface area contributed by atoms with E-state index in [2.05, 4.69) is 60.7 Å². The Morgan fingerprint density at radius 3 is 2.26 bits per heavy atom. The Bertz CT molecular complexity index is 962. The maximum absolute atomic E-state index is 13.5. The van der Waals surface area contributed by atoms with Crippen LogP contribution in [0.4, 0.5) is 0 Å². The molecule has 0 spiro atoms. The number of nitrogens with one attached hydrogen (secondary N) is 2. The van der Waals surface area contributed by atoms with Gasteiger partial charge in [0.2, 0.25) is 11.8 Å². The van der Waals surface area contributed by atoms with Crippen LogP contribution in [0.15, 0.2) is 29.8 Å². The molecule has 1 aliphatic rings. The SMILES string of the molecule is CC.Cc1ncsc1-c1ccc(C(C)NC(=O)C2CCCN2C(=O)C(NC(C)C)C(C)(C)C)cc1. The Balaban J connectivity index is 0.00000210. The van der Waals surface area contributed by atoms with Gasteiger partial charge in [0.05, 0.1) is 28.2 Å². The fourth-order valence-corrected chi connectivity index (χ4v) is 5.20. The van der Waals surface area contributed by atoms with Crippen molar-refractivity contribution in [3.05, 3.63) is 41.0 Å². The molecule has 3 unspecified atom stereocenters. The maximum Gasteiger partial charge on any atom is 0.243 e. The molecule has 3 atom stereocenters. The normalized spacial score (nSPS) is 17.5.